The fraction of sp³-hybridized carbons (Fsp3) is 0.467. The Bertz CT molecular complexity index is 631. The number of hydrogen-bond acceptors (Lipinski definition) is 2. The van der Waals surface area contributed by atoms with E-state index in [0.717, 1.165) is 17.5 Å². The van der Waals surface area contributed by atoms with Crippen LogP contribution >= 0.6 is 0 Å². The third kappa shape index (κ3) is 4.06. The van der Waals surface area contributed by atoms with Gasteiger partial charge in [0.15, 0.2) is 0 Å². The Labute approximate surface area is 120 Å². The Balaban J connectivity index is 2.17. The average Bonchev–Trinajstić information content (AvgIpc) is 2.74. The second kappa shape index (κ2) is 6.28. The molecule has 0 spiro atoms. The number of nitrogens with zero attached hydrogens (tertiary/aromatic N) is 2. The van der Waals surface area contributed by atoms with Gasteiger partial charge in [-0.2, -0.15) is 13.2 Å². The number of alkyl halides is 3. The van der Waals surface area contributed by atoms with E-state index >= 15 is 0 Å². The lowest BCUT2D eigenvalue weighted by Gasteiger charge is -2.08. The van der Waals surface area contributed by atoms with Gasteiger partial charge in [0.25, 0.3) is 0 Å². The summed E-state index contributed by atoms with van der Waals surface area (Å²) in [5, 5.41) is 0. The predicted octanol–water partition coefficient (Wildman–Crippen LogP) is 3.90. The molecule has 2 aromatic rings. The van der Waals surface area contributed by atoms with Crippen molar-refractivity contribution >= 4 is 16.8 Å². The maximum atomic E-state index is 12.1. The lowest BCUT2D eigenvalue weighted by molar-refractivity contribution is -0.143. The summed E-state index contributed by atoms with van der Waals surface area (Å²) in [6.07, 6.45) is -5.03. The van der Waals surface area contributed by atoms with E-state index in [0.29, 0.717) is 12.4 Å². The Hall–Kier alpha value is -1.85. The molecule has 114 valence electrons. The van der Waals surface area contributed by atoms with Crippen LogP contribution in [0.2, 0.25) is 0 Å². The minimum Gasteiger partial charge on any atom is -0.328 e. The first-order valence-corrected chi connectivity index (χ1v) is 6.93. The zero-order chi connectivity index (χ0) is 15.5. The molecule has 1 aromatic heterocycles. The van der Waals surface area contributed by atoms with E-state index in [4.69, 9.17) is 0 Å². The van der Waals surface area contributed by atoms with E-state index in [9.17, 15) is 18.0 Å². The molecule has 0 N–H and O–H groups in total. The molecule has 0 aliphatic heterocycles. The molecule has 6 heteroatoms. The number of hydrogen-bond donors (Lipinski definition) is 0. The summed E-state index contributed by atoms with van der Waals surface area (Å²) in [5.74, 6) is 0.116. The SMILES string of the molecule is CCCn1c(CC(=O)CCC(F)(F)F)nc2ccccc21. The zero-order valence-corrected chi connectivity index (χ0v) is 11.8. The van der Waals surface area contributed by atoms with Crippen LogP contribution in [0.5, 0.6) is 0 Å². The third-order valence-electron chi connectivity index (χ3n) is 3.22. The van der Waals surface area contributed by atoms with Crippen LogP contribution in [0.25, 0.3) is 11.0 Å². The zero-order valence-electron chi connectivity index (χ0n) is 11.8. The molecule has 0 fully saturated rings. The number of imidazole rings is 1. The summed E-state index contributed by atoms with van der Waals surface area (Å²) in [7, 11) is 0. The summed E-state index contributed by atoms with van der Waals surface area (Å²) >= 11 is 0. The van der Waals surface area contributed by atoms with Gasteiger partial charge >= 0.3 is 6.18 Å². The van der Waals surface area contributed by atoms with Crippen LogP contribution in [0.3, 0.4) is 0 Å². The van der Waals surface area contributed by atoms with Gasteiger partial charge in [0.1, 0.15) is 11.6 Å². The first-order chi connectivity index (χ1) is 9.90. The summed E-state index contributed by atoms with van der Waals surface area (Å²) in [5.41, 5.74) is 1.68. The molecule has 1 heterocycles. The minimum atomic E-state index is -4.29. The number of aromatic nitrogens is 2. The van der Waals surface area contributed by atoms with Gasteiger partial charge in [0.05, 0.1) is 23.9 Å². The summed E-state index contributed by atoms with van der Waals surface area (Å²) in [6, 6.07) is 7.47. The van der Waals surface area contributed by atoms with Gasteiger partial charge in [-0.15, -0.1) is 0 Å². The molecule has 0 bridgehead atoms. The van der Waals surface area contributed by atoms with Crippen LogP contribution in [0.4, 0.5) is 13.2 Å². The maximum absolute atomic E-state index is 12.1. The van der Waals surface area contributed by atoms with E-state index in [1.165, 1.54) is 0 Å². The van der Waals surface area contributed by atoms with Crippen molar-refractivity contribution in [1.29, 1.82) is 0 Å². The van der Waals surface area contributed by atoms with Gasteiger partial charge in [-0.05, 0) is 18.6 Å². The number of rotatable bonds is 6. The molecule has 0 amide bonds. The van der Waals surface area contributed by atoms with E-state index in [2.05, 4.69) is 4.98 Å². The highest BCUT2D eigenvalue weighted by atomic mass is 19.4. The smallest absolute Gasteiger partial charge is 0.328 e. The first-order valence-electron chi connectivity index (χ1n) is 6.93. The second-order valence-corrected chi connectivity index (χ2v) is 5.00. The molecule has 0 aliphatic rings. The van der Waals surface area contributed by atoms with Crippen molar-refractivity contribution in [2.24, 2.45) is 0 Å². The van der Waals surface area contributed by atoms with Gasteiger partial charge in [0, 0.05) is 13.0 Å². The minimum absolute atomic E-state index is 0.0508. The van der Waals surface area contributed by atoms with E-state index in [-0.39, 0.29) is 6.42 Å². The number of para-hydroxylation sites is 2. The highest BCUT2D eigenvalue weighted by molar-refractivity contribution is 5.82. The van der Waals surface area contributed by atoms with Crippen molar-refractivity contribution in [3.8, 4) is 0 Å². The molecule has 0 saturated heterocycles. The van der Waals surface area contributed by atoms with E-state index in [1.54, 1.807) is 0 Å². The molecular formula is C15H17F3N2O. The van der Waals surface area contributed by atoms with Crippen molar-refractivity contribution in [1.82, 2.24) is 9.55 Å². The molecule has 2 rings (SSSR count). The quantitative estimate of drug-likeness (QED) is 0.810. The average molecular weight is 298 g/mol. The standard InChI is InChI=1S/C15H17F3N2O/c1-2-9-20-13-6-4-3-5-12(13)19-14(20)10-11(21)7-8-15(16,17)18/h3-6H,2,7-10H2,1H3. The third-order valence-corrected chi connectivity index (χ3v) is 3.22. The number of fused-ring (bicyclic) bond motifs is 1. The molecule has 0 radical (unpaired) electrons. The van der Waals surface area contributed by atoms with E-state index < -0.39 is 24.8 Å². The predicted molar refractivity (Wildman–Crippen MR) is 74.0 cm³/mol. The van der Waals surface area contributed by atoms with Crippen LogP contribution in [0.1, 0.15) is 32.0 Å². The van der Waals surface area contributed by atoms with Gasteiger partial charge in [0.2, 0.25) is 0 Å². The molecule has 0 atom stereocenters. The number of carbonyl (C=O) groups is 1. The van der Waals surface area contributed by atoms with Crippen molar-refractivity contribution in [2.45, 2.75) is 45.3 Å². The fourth-order valence-corrected chi connectivity index (χ4v) is 2.28. The molecule has 0 unspecified atom stereocenters. The van der Waals surface area contributed by atoms with Crippen LogP contribution in [0, 0.1) is 0 Å². The van der Waals surface area contributed by atoms with Gasteiger partial charge in [-0.1, -0.05) is 19.1 Å². The normalized spacial score (nSPS) is 12.0. The molecule has 21 heavy (non-hydrogen) atoms. The number of carbonyl (C=O) groups excluding carboxylic acids is 1. The van der Waals surface area contributed by atoms with Crippen molar-refractivity contribution in [2.75, 3.05) is 0 Å². The van der Waals surface area contributed by atoms with Gasteiger partial charge < -0.3 is 4.57 Å². The summed E-state index contributed by atoms with van der Waals surface area (Å²) in [4.78, 5) is 16.1. The number of Topliss-reactive ketones (excluding diaryl/α,β-unsaturated/α-hetero) is 1. The van der Waals surface area contributed by atoms with Crippen molar-refractivity contribution in [3.63, 3.8) is 0 Å². The van der Waals surface area contributed by atoms with E-state index in [1.807, 2.05) is 35.8 Å². The second-order valence-electron chi connectivity index (χ2n) is 5.00. The maximum Gasteiger partial charge on any atom is 0.389 e. The molecular weight excluding hydrogens is 281 g/mol. The Morgan fingerprint density at radius 3 is 2.67 bits per heavy atom. The number of aryl methyl sites for hydroxylation is 1. The van der Waals surface area contributed by atoms with Crippen molar-refractivity contribution < 1.29 is 18.0 Å². The first kappa shape index (κ1) is 15.5. The largest absolute Gasteiger partial charge is 0.389 e. The molecule has 1 aromatic carbocycles. The Morgan fingerprint density at radius 2 is 2.00 bits per heavy atom. The number of halogens is 3. The topological polar surface area (TPSA) is 34.9 Å². The lowest BCUT2D eigenvalue weighted by atomic mass is 10.1. The Morgan fingerprint density at radius 1 is 1.29 bits per heavy atom. The fourth-order valence-electron chi connectivity index (χ4n) is 2.28. The van der Waals surface area contributed by atoms with Gasteiger partial charge in [-0.3, -0.25) is 4.79 Å². The number of ketones is 1. The summed E-state index contributed by atoms with van der Waals surface area (Å²) in [6.45, 7) is 2.70. The highest BCUT2D eigenvalue weighted by Crippen LogP contribution is 2.22. The van der Waals surface area contributed by atoms with Crippen molar-refractivity contribution in [3.05, 3.63) is 30.1 Å². The Kier molecular flexibility index (Phi) is 4.65. The summed E-state index contributed by atoms with van der Waals surface area (Å²) < 4.78 is 38.4. The van der Waals surface area contributed by atoms with Crippen LogP contribution in [-0.4, -0.2) is 21.5 Å². The van der Waals surface area contributed by atoms with Crippen LogP contribution < -0.4 is 0 Å². The molecule has 0 saturated carbocycles. The molecule has 3 nitrogen and oxygen atoms in total. The molecule has 0 aliphatic carbocycles. The van der Waals surface area contributed by atoms with Crippen LogP contribution in [0.15, 0.2) is 24.3 Å². The van der Waals surface area contributed by atoms with Crippen LogP contribution in [-0.2, 0) is 17.8 Å². The number of benzene rings is 1. The monoisotopic (exact) mass is 298 g/mol. The lowest BCUT2D eigenvalue weighted by Crippen LogP contribution is -2.14. The van der Waals surface area contributed by atoms with Gasteiger partial charge in [-0.25, -0.2) is 4.98 Å². The highest BCUT2D eigenvalue weighted by Gasteiger charge is 2.28.